The van der Waals surface area contributed by atoms with E-state index >= 15 is 0 Å². The molecule has 1 N–H and O–H groups in total. The van der Waals surface area contributed by atoms with E-state index in [1.165, 1.54) is 37.0 Å². The van der Waals surface area contributed by atoms with Crippen molar-refractivity contribution >= 4 is 17.4 Å². The van der Waals surface area contributed by atoms with Crippen LogP contribution in [0.15, 0.2) is 6.07 Å². The molecule has 0 unspecified atom stereocenters. The van der Waals surface area contributed by atoms with Gasteiger partial charge in [0.1, 0.15) is 5.82 Å². The van der Waals surface area contributed by atoms with Crippen molar-refractivity contribution in [2.45, 2.75) is 71.8 Å². The number of nitrogens with one attached hydrogen (secondary N) is 1. The fraction of sp³-hybridized carbons (Fsp3) is 0.786. The summed E-state index contributed by atoms with van der Waals surface area (Å²) >= 11 is 1.61. The van der Waals surface area contributed by atoms with Crippen LogP contribution in [0.2, 0.25) is 0 Å². The third-order valence-corrected chi connectivity index (χ3v) is 3.96. The minimum absolute atomic E-state index is 0.160. The van der Waals surface area contributed by atoms with Crippen molar-refractivity contribution in [1.82, 2.24) is 4.37 Å². The maximum Gasteiger partial charge on any atom is 0.140 e. The molecule has 0 radical (unpaired) electrons. The highest BCUT2D eigenvalue weighted by molar-refractivity contribution is 7.06. The third kappa shape index (κ3) is 5.53. The van der Waals surface area contributed by atoms with Crippen LogP contribution in [0.25, 0.3) is 0 Å². The standard InChI is InChI=1S/C14H26N2S/c1-5-7-8-9-10-14(3,4)15-13-11-12(6-2)17-16-13/h11H,5-10H2,1-4H3,(H,15,16). The van der Waals surface area contributed by atoms with Crippen LogP contribution in [0.4, 0.5) is 5.82 Å². The van der Waals surface area contributed by atoms with Crippen molar-refractivity contribution in [3.05, 3.63) is 10.9 Å². The Morgan fingerprint density at radius 1 is 1.24 bits per heavy atom. The number of aromatic nitrogens is 1. The first-order valence-electron chi connectivity index (χ1n) is 6.81. The monoisotopic (exact) mass is 254 g/mol. The van der Waals surface area contributed by atoms with Gasteiger partial charge in [0, 0.05) is 10.4 Å². The van der Waals surface area contributed by atoms with Gasteiger partial charge in [-0.25, -0.2) is 0 Å². The van der Waals surface area contributed by atoms with Crippen LogP contribution < -0.4 is 5.32 Å². The largest absolute Gasteiger partial charge is 0.364 e. The van der Waals surface area contributed by atoms with Crippen molar-refractivity contribution in [1.29, 1.82) is 0 Å². The fourth-order valence-electron chi connectivity index (χ4n) is 1.94. The van der Waals surface area contributed by atoms with E-state index in [4.69, 9.17) is 0 Å². The Kier molecular flexibility index (Phi) is 5.96. The summed E-state index contributed by atoms with van der Waals surface area (Å²) in [7, 11) is 0. The van der Waals surface area contributed by atoms with E-state index in [0.717, 1.165) is 12.2 Å². The van der Waals surface area contributed by atoms with Crippen LogP contribution in [0, 0.1) is 0 Å². The predicted molar refractivity (Wildman–Crippen MR) is 78.0 cm³/mol. The lowest BCUT2D eigenvalue weighted by Crippen LogP contribution is -2.30. The highest BCUT2D eigenvalue weighted by Crippen LogP contribution is 2.22. The number of anilines is 1. The lowest BCUT2D eigenvalue weighted by Gasteiger charge is -2.26. The zero-order chi connectivity index (χ0) is 12.7. The van der Waals surface area contributed by atoms with Crippen molar-refractivity contribution in [3.63, 3.8) is 0 Å². The van der Waals surface area contributed by atoms with Crippen LogP contribution in [0.3, 0.4) is 0 Å². The molecule has 0 aliphatic carbocycles. The molecule has 1 aromatic heterocycles. The first-order valence-corrected chi connectivity index (χ1v) is 7.58. The van der Waals surface area contributed by atoms with Gasteiger partial charge in [0.15, 0.2) is 0 Å². The lowest BCUT2D eigenvalue weighted by molar-refractivity contribution is 0.477. The highest BCUT2D eigenvalue weighted by Gasteiger charge is 2.17. The average molecular weight is 254 g/mol. The Balaban J connectivity index is 2.37. The van der Waals surface area contributed by atoms with E-state index in [1.54, 1.807) is 11.5 Å². The minimum Gasteiger partial charge on any atom is -0.364 e. The summed E-state index contributed by atoms with van der Waals surface area (Å²) in [5.41, 5.74) is 0.160. The topological polar surface area (TPSA) is 24.9 Å². The van der Waals surface area contributed by atoms with Gasteiger partial charge in [-0.3, -0.25) is 0 Å². The van der Waals surface area contributed by atoms with Gasteiger partial charge < -0.3 is 5.32 Å². The van der Waals surface area contributed by atoms with Crippen molar-refractivity contribution in [2.75, 3.05) is 5.32 Å². The summed E-state index contributed by atoms with van der Waals surface area (Å²) < 4.78 is 4.45. The second-order valence-corrected chi connectivity index (χ2v) is 6.24. The number of aryl methyl sites for hydroxylation is 1. The molecule has 0 fully saturated rings. The van der Waals surface area contributed by atoms with Gasteiger partial charge in [0.05, 0.1) is 0 Å². The average Bonchev–Trinajstić information content (AvgIpc) is 2.71. The molecule has 98 valence electrons. The first-order chi connectivity index (χ1) is 8.07. The zero-order valence-corrected chi connectivity index (χ0v) is 12.5. The van der Waals surface area contributed by atoms with E-state index < -0.39 is 0 Å². The molecule has 0 aliphatic heterocycles. The molecule has 0 spiro atoms. The zero-order valence-electron chi connectivity index (χ0n) is 11.7. The quantitative estimate of drug-likeness (QED) is 0.670. The summed E-state index contributed by atoms with van der Waals surface area (Å²) in [5, 5.41) is 3.55. The fourth-order valence-corrected chi connectivity index (χ4v) is 2.55. The van der Waals surface area contributed by atoms with Crippen molar-refractivity contribution in [2.24, 2.45) is 0 Å². The molecule has 1 aromatic rings. The molecule has 3 heteroatoms. The number of nitrogens with zero attached hydrogens (tertiary/aromatic N) is 1. The highest BCUT2D eigenvalue weighted by atomic mass is 32.1. The van der Waals surface area contributed by atoms with Gasteiger partial charge in [-0.1, -0.05) is 39.5 Å². The summed E-state index contributed by atoms with van der Waals surface area (Å²) in [5.74, 6) is 1.05. The van der Waals surface area contributed by atoms with Crippen LogP contribution in [-0.2, 0) is 6.42 Å². The van der Waals surface area contributed by atoms with E-state index in [2.05, 4.69) is 43.5 Å². The maximum absolute atomic E-state index is 4.45. The second kappa shape index (κ2) is 7.00. The molecular formula is C14H26N2S. The first kappa shape index (κ1) is 14.5. The molecule has 0 aliphatic rings. The van der Waals surface area contributed by atoms with Crippen molar-refractivity contribution in [3.8, 4) is 0 Å². The van der Waals surface area contributed by atoms with Crippen LogP contribution in [0.5, 0.6) is 0 Å². The molecule has 0 saturated carbocycles. The molecule has 17 heavy (non-hydrogen) atoms. The van der Waals surface area contributed by atoms with E-state index in [1.807, 2.05) is 0 Å². The van der Waals surface area contributed by atoms with E-state index in [-0.39, 0.29) is 5.54 Å². The van der Waals surface area contributed by atoms with Gasteiger partial charge in [0.25, 0.3) is 0 Å². The molecule has 0 amide bonds. The normalized spacial score (nSPS) is 11.8. The molecular weight excluding hydrogens is 228 g/mol. The number of rotatable bonds is 8. The number of hydrogen-bond donors (Lipinski definition) is 1. The van der Waals surface area contributed by atoms with Gasteiger partial charge in [-0.05, 0) is 44.3 Å². The van der Waals surface area contributed by atoms with E-state index in [9.17, 15) is 0 Å². The van der Waals surface area contributed by atoms with Crippen molar-refractivity contribution < 1.29 is 0 Å². The van der Waals surface area contributed by atoms with Crippen LogP contribution in [-0.4, -0.2) is 9.91 Å². The van der Waals surface area contributed by atoms with Crippen LogP contribution in [0.1, 0.15) is 64.7 Å². The van der Waals surface area contributed by atoms with Crippen LogP contribution >= 0.6 is 11.5 Å². The van der Waals surface area contributed by atoms with Gasteiger partial charge >= 0.3 is 0 Å². The number of hydrogen-bond acceptors (Lipinski definition) is 3. The third-order valence-electron chi connectivity index (χ3n) is 3.03. The Morgan fingerprint density at radius 3 is 2.59 bits per heavy atom. The Labute approximate surface area is 110 Å². The molecule has 2 nitrogen and oxygen atoms in total. The SMILES string of the molecule is CCCCCCC(C)(C)Nc1cc(CC)sn1. The van der Waals surface area contributed by atoms with E-state index in [0.29, 0.717) is 0 Å². The summed E-state index contributed by atoms with van der Waals surface area (Å²) in [6.45, 7) is 8.96. The molecule has 1 rings (SSSR count). The second-order valence-electron chi connectivity index (χ2n) is 5.35. The van der Waals surface area contributed by atoms with Gasteiger partial charge in [-0.15, -0.1) is 0 Å². The summed E-state index contributed by atoms with van der Waals surface area (Å²) in [6, 6.07) is 2.18. The molecule has 0 bridgehead atoms. The summed E-state index contributed by atoms with van der Waals surface area (Å²) in [4.78, 5) is 1.36. The number of unbranched alkanes of at least 4 members (excludes halogenated alkanes) is 3. The van der Waals surface area contributed by atoms with Gasteiger partial charge in [-0.2, -0.15) is 4.37 Å². The Bertz CT molecular complexity index is 318. The smallest absolute Gasteiger partial charge is 0.140 e. The lowest BCUT2D eigenvalue weighted by atomic mass is 9.96. The Hall–Kier alpha value is -0.570. The molecule has 0 aromatic carbocycles. The predicted octanol–water partition coefficient (Wildman–Crippen LogP) is 4.87. The molecule has 0 saturated heterocycles. The Morgan fingerprint density at radius 2 is 2.00 bits per heavy atom. The minimum atomic E-state index is 0.160. The molecule has 0 atom stereocenters. The summed E-state index contributed by atoms with van der Waals surface area (Å²) in [6.07, 6.45) is 7.60. The maximum atomic E-state index is 4.45. The van der Waals surface area contributed by atoms with Gasteiger partial charge in [0.2, 0.25) is 0 Å². The molecule has 1 heterocycles.